The Labute approximate surface area is 94.1 Å². The Bertz CT molecular complexity index is 517. The van der Waals surface area contributed by atoms with E-state index >= 15 is 0 Å². The van der Waals surface area contributed by atoms with Crippen molar-refractivity contribution in [2.75, 3.05) is 0 Å². The minimum atomic E-state index is -0.230. The van der Waals surface area contributed by atoms with E-state index in [-0.39, 0.29) is 5.82 Å². The number of hydrogen-bond donors (Lipinski definition) is 0. The maximum absolute atomic E-state index is 13.4. The molecule has 0 aliphatic carbocycles. The van der Waals surface area contributed by atoms with Crippen LogP contribution in [0, 0.1) is 19.7 Å². The van der Waals surface area contributed by atoms with Crippen LogP contribution in [0.1, 0.15) is 23.9 Å². The molecule has 0 saturated carbocycles. The Morgan fingerprint density at radius 3 is 2.62 bits per heavy atom. The fraction of sp³-hybridized carbons (Fsp3) is 0.308. The number of oxazole rings is 1. The Kier molecular flexibility index (Phi) is 2.77. The molecule has 0 aliphatic heterocycles. The molecule has 0 saturated heterocycles. The van der Waals surface area contributed by atoms with Crippen LogP contribution >= 0.6 is 0 Å². The summed E-state index contributed by atoms with van der Waals surface area (Å²) in [5.41, 5.74) is 2.19. The summed E-state index contributed by atoms with van der Waals surface area (Å²) < 4.78 is 19.0. The molecule has 2 aromatic rings. The highest BCUT2D eigenvalue weighted by Crippen LogP contribution is 2.23. The average Bonchev–Trinajstić information content (AvgIpc) is 2.64. The lowest BCUT2D eigenvalue weighted by Crippen LogP contribution is -1.84. The van der Waals surface area contributed by atoms with Crippen molar-refractivity contribution in [3.05, 3.63) is 41.0 Å². The molecule has 3 heteroatoms. The number of aryl methyl sites for hydroxylation is 3. The van der Waals surface area contributed by atoms with Crippen LogP contribution in [0.4, 0.5) is 4.39 Å². The Balaban J connectivity index is 2.46. The molecule has 0 N–H and O–H groups in total. The Morgan fingerprint density at radius 2 is 2.06 bits per heavy atom. The van der Waals surface area contributed by atoms with Crippen LogP contribution in [-0.2, 0) is 6.42 Å². The highest BCUT2D eigenvalue weighted by Gasteiger charge is 2.11. The second kappa shape index (κ2) is 4.08. The molecule has 1 aromatic heterocycles. The van der Waals surface area contributed by atoms with Crippen molar-refractivity contribution >= 4 is 0 Å². The molecule has 0 atom stereocenters. The summed E-state index contributed by atoms with van der Waals surface area (Å²) in [5, 5.41) is 0. The molecule has 1 heterocycles. The minimum Gasteiger partial charge on any atom is -0.441 e. The van der Waals surface area contributed by atoms with Crippen LogP contribution < -0.4 is 0 Å². The largest absolute Gasteiger partial charge is 0.441 e. The molecule has 84 valence electrons. The quantitative estimate of drug-likeness (QED) is 0.770. The van der Waals surface area contributed by atoms with Crippen molar-refractivity contribution in [3.8, 4) is 11.5 Å². The minimum absolute atomic E-state index is 0.230. The molecule has 0 fully saturated rings. The third-order valence-electron chi connectivity index (χ3n) is 2.63. The van der Waals surface area contributed by atoms with E-state index in [0.717, 1.165) is 17.9 Å². The monoisotopic (exact) mass is 219 g/mol. The van der Waals surface area contributed by atoms with Crippen LogP contribution in [-0.4, -0.2) is 4.98 Å². The van der Waals surface area contributed by atoms with Gasteiger partial charge in [0.1, 0.15) is 11.6 Å². The molecule has 0 bridgehead atoms. The van der Waals surface area contributed by atoms with Crippen molar-refractivity contribution < 1.29 is 8.81 Å². The van der Waals surface area contributed by atoms with Crippen molar-refractivity contribution in [3.63, 3.8) is 0 Å². The summed E-state index contributed by atoms with van der Waals surface area (Å²) >= 11 is 0. The highest BCUT2D eigenvalue weighted by molar-refractivity contribution is 5.54. The van der Waals surface area contributed by atoms with E-state index in [1.807, 2.05) is 19.9 Å². The van der Waals surface area contributed by atoms with Crippen LogP contribution in [0.2, 0.25) is 0 Å². The maximum Gasteiger partial charge on any atom is 0.226 e. The van der Waals surface area contributed by atoms with Gasteiger partial charge >= 0.3 is 0 Å². The Hall–Kier alpha value is -1.64. The van der Waals surface area contributed by atoms with Crippen LogP contribution in [0.3, 0.4) is 0 Å². The summed E-state index contributed by atoms with van der Waals surface area (Å²) in [5.74, 6) is 1.12. The third-order valence-corrected chi connectivity index (χ3v) is 2.63. The first-order chi connectivity index (χ1) is 7.61. The second-order valence-corrected chi connectivity index (χ2v) is 3.85. The van der Waals surface area contributed by atoms with Gasteiger partial charge in [-0.25, -0.2) is 9.37 Å². The van der Waals surface area contributed by atoms with Gasteiger partial charge in [-0.3, -0.25) is 0 Å². The summed E-state index contributed by atoms with van der Waals surface area (Å²) in [4.78, 5) is 4.29. The van der Waals surface area contributed by atoms with Gasteiger partial charge in [-0.1, -0.05) is 13.0 Å². The van der Waals surface area contributed by atoms with E-state index in [2.05, 4.69) is 4.98 Å². The fourth-order valence-corrected chi connectivity index (χ4v) is 1.61. The third kappa shape index (κ3) is 1.85. The normalized spacial score (nSPS) is 10.8. The predicted octanol–water partition coefficient (Wildman–Crippen LogP) is 3.66. The zero-order chi connectivity index (χ0) is 11.7. The van der Waals surface area contributed by atoms with Crippen molar-refractivity contribution in [2.24, 2.45) is 0 Å². The van der Waals surface area contributed by atoms with Gasteiger partial charge in [0.2, 0.25) is 5.89 Å². The van der Waals surface area contributed by atoms with Gasteiger partial charge in [-0.05, 0) is 31.5 Å². The van der Waals surface area contributed by atoms with Gasteiger partial charge in [-0.15, -0.1) is 0 Å². The van der Waals surface area contributed by atoms with Gasteiger partial charge in [0.05, 0.1) is 5.69 Å². The van der Waals surface area contributed by atoms with E-state index in [4.69, 9.17) is 4.42 Å². The lowest BCUT2D eigenvalue weighted by Gasteiger charge is -1.98. The fourth-order valence-electron chi connectivity index (χ4n) is 1.61. The molecular weight excluding hydrogens is 205 g/mol. The first-order valence-corrected chi connectivity index (χ1v) is 5.34. The van der Waals surface area contributed by atoms with E-state index in [1.54, 1.807) is 13.0 Å². The molecule has 0 radical (unpaired) electrons. The van der Waals surface area contributed by atoms with E-state index in [0.29, 0.717) is 17.0 Å². The summed E-state index contributed by atoms with van der Waals surface area (Å²) in [6, 6.07) is 5.01. The second-order valence-electron chi connectivity index (χ2n) is 3.85. The molecule has 16 heavy (non-hydrogen) atoms. The van der Waals surface area contributed by atoms with Gasteiger partial charge in [0.15, 0.2) is 0 Å². The van der Waals surface area contributed by atoms with Gasteiger partial charge in [0.25, 0.3) is 0 Å². The smallest absolute Gasteiger partial charge is 0.226 e. The lowest BCUT2D eigenvalue weighted by atomic mass is 10.1. The van der Waals surface area contributed by atoms with Gasteiger partial charge < -0.3 is 4.42 Å². The summed E-state index contributed by atoms with van der Waals surface area (Å²) in [6.07, 6.45) is 0.799. The van der Waals surface area contributed by atoms with Gasteiger partial charge in [0, 0.05) is 12.0 Å². The molecule has 0 unspecified atom stereocenters. The standard InChI is InChI=1S/C13H14FNO/c1-4-12-9(3)15-13(16-12)10-6-5-8(2)11(14)7-10/h5-7H,4H2,1-3H3. The first kappa shape index (κ1) is 10.9. The van der Waals surface area contributed by atoms with Crippen LogP contribution in [0.5, 0.6) is 0 Å². The van der Waals surface area contributed by atoms with E-state index < -0.39 is 0 Å². The van der Waals surface area contributed by atoms with Gasteiger partial charge in [-0.2, -0.15) is 0 Å². The first-order valence-electron chi connectivity index (χ1n) is 5.34. The molecule has 2 rings (SSSR count). The molecule has 2 nitrogen and oxygen atoms in total. The Morgan fingerprint density at radius 1 is 1.31 bits per heavy atom. The summed E-state index contributed by atoms with van der Waals surface area (Å²) in [7, 11) is 0. The number of benzene rings is 1. The SMILES string of the molecule is CCc1oc(-c2ccc(C)c(F)c2)nc1C. The molecule has 0 aliphatic rings. The van der Waals surface area contributed by atoms with Crippen LogP contribution in [0.15, 0.2) is 22.6 Å². The number of hydrogen-bond acceptors (Lipinski definition) is 2. The van der Waals surface area contributed by atoms with Crippen molar-refractivity contribution in [1.82, 2.24) is 4.98 Å². The average molecular weight is 219 g/mol. The zero-order valence-corrected chi connectivity index (χ0v) is 9.67. The number of nitrogens with zero attached hydrogens (tertiary/aromatic N) is 1. The molecule has 1 aromatic carbocycles. The summed E-state index contributed by atoms with van der Waals surface area (Å²) in [6.45, 7) is 5.64. The van der Waals surface area contributed by atoms with Crippen molar-refractivity contribution in [1.29, 1.82) is 0 Å². The number of halogens is 1. The zero-order valence-electron chi connectivity index (χ0n) is 9.67. The van der Waals surface area contributed by atoms with E-state index in [9.17, 15) is 4.39 Å². The van der Waals surface area contributed by atoms with Crippen LogP contribution in [0.25, 0.3) is 11.5 Å². The lowest BCUT2D eigenvalue weighted by molar-refractivity contribution is 0.521. The topological polar surface area (TPSA) is 26.0 Å². The predicted molar refractivity (Wildman–Crippen MR) is 60.7 cm³/mol. The number of aromatic nitrogens is 1. The highest BCUT2D eigenvalue weighted by atomic mass is 19.1. The number of rotatable bonds is 2. The molecule has 0 spiro atoms. The maximum atomic E-state index is 13.4. The van der Waals surface area contributed by atoms with E-state index in [1.165, 1.54) is 6.07 Å². The van der Waals surface area contributed by atoms with Crippen molar-refractivity contribution in [2.45, 2.75) is 27.2 Å². The molecular formula is C13H14FNO. The molecule has 0 amide bonds.